The van der Waals surface area contributed by atoms with Crippen LogP contribution in [-0.4, -0.2) is 38.7 Å². The molecular formula is C20H19FN4O3S. The Hall–Kier alpha value is -2.94. The molecule has 1 aromatic carbocycles. The molecule has 1 aliphatic heterocycles. The molecule has 3 heterocycles. The van der Waals surface area contributed by atoms with Crippen LogP contribution in [0.1, 0.15) is 18.9 Å². The fourth-order valence-electron chi connectivity index (χ4n) is 3.70. The maximum atomic E-state index is 13.5. The summed E-state index contributed by atoms with van der Waals surface area (Å²) in [5.74, 6) is -0.807. The highest BCUT2D eigenvalue weighted by molar-refractivity contribution is 7.98. The second kappa shape index (κ2) is 7.82. The normalized spacial score (nSPS) is 15.8. The number of ether oxygens (including phenoxy) is 1. The fourth-order valence-corrected chi connectivity index (χ4v) is 4.06. The van der Waals surface area contributed by atoms with Crippen LogP contribution in [0, 0.1) is 5.82 Å². The maximum absolute atomic E-state index is 13.5. The van der Waals surface area contributed by atoms with Crippen LogP contribution in [0.15, 0.2) is 46.5 Å². The Morgan fingerprint density at radius 2 is 2.03 bits per heavy atom. The van der Waals surface area contributed by atoms with E-state index >= 15 is 0 Å². The number of carbonyl (C=O) groups excluding carboxylic acids is 1. The van der Waals surface area contributed by atoms with Gasteiger partial charge in [-0.15, -0.1) is 0 Å². The molecule has 0 bridgehead atoms. The predicted molar refractivity (Wildman–Crippen MR) is 107 cm³/mol. The molecule has 4 rings (SSSR count). The number of halogens is 1. The van der Waals surface area contributed by atoms with E-state index in [4.69, 9.17) is 4.74 Å². The smallest absolute Gasteiger partial charge is 0.330 e. The van der Waals surface area contributed by atoms with Gasteiger partial charge in [-0.3, -0.25) is 9.48 Å². The van der Waals surface area contributed by atoms with Gasteiger partial charge >= 0.3 is 5.97 Å². The average molecular weight is 414 g/mol. The summed E-state index contributed by atoms with van der Waals surface area (Å²) in [6.07, 6.45) is 4.70. The molecule has 0 spiro atoms. The predicted octanol–water partition coefficient (Wildman–Crippen LogP) is 3.14. The summed E-state index contributed by atoms with van der Waals surface area (Å²) in [5, 5.41) is 0.547. The zero-order valence-electron chi connectivity index (χ0n) is 16.0. The maximum Gasteiger partial charge on any atom is 0.330 e. The number of hydrogen-bond acceptors (Lipinski definition) is 6. The van der Waals surface area contributed by atoms with E-state index in [-0.39, 0.29) is 5.56 Å². The molecule has 0 aliphatic carbocycles. The number of benzene rings is 1. The van der Waals surface area contributed by atoms with E-state index in [1.54, 1.807) is 33.8 Å². The first-order valence-corrected chi connectivity index (χ1v) is 10.3. The van der Waals surface area contributed by atoms with Crippen molar-refractivity contribution in [2.45, 2.75) is 30.6 Å². The van der Waals surface area contributed by atoms with Gasteiger partial charge in [0.25, 0.3) is 5.56 Å². The van der Waals surface area contributed by atoms with Crippen molar-refractivity contribution in [2.75, 3.05) is 13.4 Å². The van der Waals surface area contributed by atoms with Gasteiger partial charge in [-0.25, -0.2) is 23.8 Å². The second-order valence-corrected chi connectivity index (χ2v) is 7.39. The number of hydrogen-bond donors (Lipinski definition) is 0. The molecule has 0 fully saturated rings. The van der Waals surface area contributed by atoms with Gasteiger partial charge in [0, 0.05) is 12.7 Å². The largest absolute Gasteiger partial charge is 0.467 e. The van der Waals surface area contributed by atoms with Gasteiger partial charge < -0.3 is 4.74 Å². The molecule has 0 saturated heterocycles. The molecule has 150 valence electrons. The third-order valence-electron chi connectivity index (χ3n) is 4.98. The monoisotopic (exact) mass is 414 g/mol. The Kier molecular flexibility index (Phi) is 5.23. The Bertz CT molecular complexity index is 1120. The number of thioether (sulfide) groups is 1. The van der Waals surface area contributed by atoms with Crippen molar-refractivity contribution >= 4 is 17.7 Å². The van der Waals surface area contributed by atoms with E-state index in [0.717, 1.165) is 0 Å². The number of esters is 1. The van der Waals surface area contributed by atoms with Gasteiger partial charge in [0.2, 0.25) is 0 Å². The summed E-state index contributed by atoms with van der Waals surface area (Å²) in [7, 11) is 1.33. The summed E-state index contributed by atoms with van der Waals surface area (Å²) in [5.41, 5.74) is 1.73. The zero-order chi connectivity index (χ0) is 20.5. The number of methoxy groups -OCH3 is 1. The van der Waals surface area contributed by atoms with Gasteiger partial charge in [-0.05, 0) is 42.9 Å². The zero-order valence-corrected chi connectivity index (χ0v) is 16.8. The summed E-state index contributed by atoms with van der Waals surface area (Å²) in [6.45, 7) is 0.473. The van der Waals surface area contributed by atoms with E-state index in [1.165, 1.54) is 31.0 Å². The molecule has 0 amide bonds. The first-order chi connectivity index (χ1) is 14.0. The van der Waals surface area contributed by atoms with Crippen LogP contribution in [0.3, 0.4) is 0 Å². The fraction of sp³-hybridized carbons (Fsp3) is 0.300. The van der Waals surface area contributed by atoms with Crippen LogP contribution in [0.25, 0.3) is 22.5 Å². The van der Waals surface area contributed by atoms with Crippen molar-refractivity contribution in [1.82, 2.24) is 19.3 Å². The van der Waals surface area contributed by atoms with Gasteiger partial charge in [-0.2, -0.15) is 0 Å². The van der Waals surface area contributed by atoms with Crippen LogP contribution in [-0.2, 0) is 16.1 Å². The SMILES string of the molecule is COC(=O)C1CCCn2c(=O)c(-c3ccc(F)cc3)c(-c3ccnc(SC)n3)n21. The number of rotatable bonds is 4. The molecule has 0 N–H and O–H groups in total. The lowest BCUT2D eigenvalue weighted by molar-refractivity contribution is -0.146. The highest BCUT2D eigenvalue weighted by Gasteiger charge is 2.34. The molecular weight excluding hydrogens is 395 g/mol. The van der Waals surface area contributed by atoms with Gasteiger partial charge in [0.05, 0.1) is 24.1 Å². The minimum Gasteiger partial charge on any atom is -0.467 e. The molecule has 29 heavy (non-hydrogen) atoms. The van der Waals surface area contributed by atoms with Crippen LogP contribution in [0.4, 0.5) is 4.39 Å². The highest BCUT2D eigenvalue weighted by atomic mass is 32.2. The molecule has 9 heteroatoms. The Morgan fingerprint density at radius 1 is 1.28 bits per heavy atom. The minimum absolute atomic E-state index is 0.246. The summed E-state index contributed by atoms with van der Waals surface area (Å²) < 4.78 is 21.7. The summed E-state index contributed by atoms with van der Waals surface area (Å²) >= 11 is 1.38. The van der Waals surface area contributed by atoms with Crippen molar-refractivity contribution in [3.63, 3.8) is 0 Å². The van der Waals surface area contributed by atoms with Gasteiger partial charge in [-0.1, -0.05) is 23.9 Å². The molecule has 1 aliphatic rings. The van der Waals surface area contributed by atoms with Gasteiger partial charge in [0.1, 0.15) is 11.9 Å². The number of carbonyl (C=O) groups is 1. The lowest BCUT2D eigenvalue weighted by Crippen LogP contribution is -2.35. The van der Waals surface area contributed by atoms with Crippen molar-refractivity contribution in [1.29, 1.82) is 0 Å². The van der Waals surface area contributed by atoms with Crippen molar-refractivity contribution in [3.8, 4) is 22.5 Å². The summed E-state index contributed by atoms with van der Waals surface area (Å²) in [6, 6.07) is 6.81. The van der Waals surface area contributed by atoms with Crippen molar-refractivity contribution in [2.24, 2.45) is 0 Å². The Labute approximate surface area is 170 Å². The minimum atomic E-state index is -0.640. The van der Waals surface area contributed by atoms with E-state index in [1.807, 2.05) is 6.26 Å². The Morgan fingerprint density at radius 3 is 2.72 bits per heavy atom. The second-order valence-electron chi connectivity index (χ2n) is 6.61. The average Bonchev–Trinajstić information content (AvgIpc) is 3.06. The third kappa shape index (κ3) is 3.35. The van der Waals surface area contributed by atoms with Crippen LogP contribution in [0.2, 0.25) is 0 Å². The topological polar surface area (TPSA) is 79.0 Å². The van der Waals surface area contributed by atoms with E-state index in [9.17, 15) is 14.0 Å². The first kappa shape index (κ1) is 19.4. The highest BCUT2D eigenvalue weighted by Crippen LogP contribution is 2.35. The third-order valence-corrected chi connectivity index (χ3v) is 5.54. The molecule has 0 radical (unpaired) electrons. The lowest BCUT2D eigenvalue weighted by atomic mass is 10.0. The molecule has 1 atom stereocenters. The molecule has 3 aromatic rings. The molecule has 0 saturated carbocycles. The van der Waals surface area contributed by atoms with Crippen molar-refractivity contribution in [3.05, 3.63) is 52.7 Å². The number of fused-ring (bicyclic) bond motifs is 1. The molecule has 7 nitrogen and oxygen atoms in total. The van der Waals surface area contributed by atoms with Crippen molar-refractivity contribution < 1.29 is 13.9 Å². The standard InChI is InChI=1S/C20H19FN4O3S/c1-28-19(27)15-4-3-11-24-18(26)16(12-5-7-13(21)8-6-12)17(25(15)24)14-9-10-22-20(23-14)29-2/h5-10,15H,3-4,11H2,1-2H3. The summed E-state index contributed by atoms with van der Waals surface area (Å²) in [4.78, 5) is 34.6. The van der Waals surface area contributed by atoms with E-state index in [2.05, 4.69) is 9.97 Å². The van der Waals surface area contributed by atoms with Crippen LogP contribution in [0.5, 0.6) is 0 Å². The van der Waals surface area contributed by atoms with E-state index in [0.29, 0.717) is 47.1 Å². The quantitative estimate of drug-likeness (QED) is 0.371. The molecule has 2 aromatic heterocycles. The lowest BCUT2D eigenvalue weighted by Gasteiger charge is -2.27. The van der Waals surface area contributed by atoms with Crippen LogP contribution < -0.4 is 5.56 Å². The first-order valence-electron chi connectivity index (χ1n) is 9.11. The van der Waals surface area contributed by atoms with Crippen LogP contribution >= 0.6 is 11.8 Å². The Balaban J connectivity index is 2.05. The van der Waals surface area contributed by atoms with E-state index < -0.39 is 17.8 Å². The molecule has 1 unspecified atom stereocenters. The number of nitrogens with zero attached hydrogens (tertiary/aromatic N) is 4. The van der Waals surface area contributed by atoms with Gasteiger partial charge in [0.15, 0.2) is 5.16 Å². The number of aromatic nitrogens is 4.